The van der Waals surface area contributed by atoms with Gasteiger partial charge in [-0.1, -0.05) is 23.2 Å². The van der Waals surface area contributed by atoms with E-state index in [2.05, 4.69) is 29.2 Å². The topological polar surface area (TPSA) is 61.6 Å². The van der Waals surface area contributed by atoms with E-state index in [-0.39, 0.29) is 5.91 Å². The van der Waals surface area contributed by atoms with E-state index in [4.69, 9.17) is 28.9 Å². The lowest BCUT2D eigenvalue weighted by molar-refractivity contribution is -0.117. The van der Waals surface area contributed by atoms with Crippen molar-refractivity contribution in [2.45, 2.75) is 12.5 Å². The maximum atomic E-state index is 12.1. The second-order valence-electron chi connectivity index (χ2n) is 5.54. The number of anilines is 2. The van der Waals surface area contributed by atoms with E-state index in [0.717, 1.165) is 19.5 Å². The zero-order valence-electron chi connectivity index (χ0n) is 12.2. The van der Waals surface area contributed by atoms with Crippen molar-refractivity contribution in [3.8, 4) is 0 Å². The summed E-state index contributed by atoms with van der Waals surface area (Å²) in [6.07, 6.45) is 1.07. The van der Waals surface area contributed by atoms with Gasteiger partial charge in [-0.05, 0) is 32.6 Å². The Balaban J connectivity index is 1.94. The van der Waals surface area contributed by atoms with Gasteiger partial charge < -0.3 is 16.0 Å². The van der Waals surface area contributed by atoms with Gasteiger partial charge in [-0.15, -0.1) is 0 Å². The molecule has 1 aliphatic heterocycles. The van der Waals surface area contributed by atoms with Crippen LogP contribution in [0.5, 0.6) is 0 Å². The summed E-state index contributed by atoms with van der Waals surface area (Å²) >= 11 is 11.9. The first-order valence-electron chi connectivity index (χ1n) is 6.80. The van der Waals surface area contributed by atoms with E-state index in [0.29, 0.717) is 34.0 Å². The summed E-state index contributed by atoms with van der Waals surface area (Å²) in [7, 11) is 4.12. The highest BCUT2D eigenvalue weighted by Gasteiger charge is 2.25. The number of benzene rings is 1. The van der Waals surface area contributed by atoms with Crippen molar-refractivity contribution in [3.63, 3.8) is 0 Å². The molecule has 1 fully saturated rings. The molecular weight excluding hydrogens is 311 g/mol. The number of likely N-dealkylation sites (tertiary alicyclic amines) is 1. The Morgan fingerprint density at radius 1 is 1.48 bits per heavy atom. The van der Waals surface area contributed by atoms with Crippen LogP contribution in [-0.2, 0) is 4.79 Å². The predicted molar refractivity (Wildman–Crippen MR) is 88.0 cm³/mol. The van der Waals surface area contributed by atoms with Crippen molar-refractivity contribution in [2.24, 2.45) is 0 Å². The standard InChI is InChI=1S/C14H20Cl2N4O/c1-19(2)10-3-4-20(7-10)8-13(21)18-14-11(16)5-9(15)6-12(14)17/h5-6,10H,3-4,7-8,17H2,1-2H3,(H,18,21). The molecule has 0 saturated carbocycles. The molecule has 1 aromatic rings. The number of carbonyl (C=O) groups excluding carboxylic acids is 1. The molecule has 5 nitrogen and oxygen atoms in total. The summed E-state index contributed by atoms with van der Waals surface area (Å²) in [6.45, 7) is 2.15. The van der Waals surface area contributed by atoms with Crippen LogP contribution in [0.2, 0.25) is 10.0 Å². The van der Waals surface area contributed by atoms with E-state index < -0.39 is 0 Å². The second kappa shape index (κ2) is 6.83. The van der Waals surface area contributed by atoms with Gasteiger partial charge in [-0.3, -0.25) is 9.69 Å². The molecule has 2 rings (SSSR count). The fourth-order valence-corrected chi connectivity index (χ4v) is 3.04. The van der Waals surface area contributed by atoms with Gasteiger partial charge in [0.25, 0.3) is 0 Å². The van der Waals surface area contributed by atoms with E-state index >= 15 is 0 Å². The quantitative estimate of drug-likeness (QED) is 0.830. The number of halogens is 2. The van der Waals surface area contributed by atoms with Crippen LogP contribution in [0.1, 0.15) is 6.42 Å². The Hall–Kier alpha value is -1.01. The molecule has 1 heterocycles. The predicted octanol–water partition coefficient (Wildman–Crippen LogP) is 2.15. The average Bonchev–Trinajstić information content (AvgIpc) is 2.82. The third-order valence-corrected chi connectivity index (χ3v) is 4.21. The van der Waals surface area contributed by atoms with Gasteiger partial charge >= 0.3 is 0 Å². The molecule has 1 aromatic carbocycles. The molecule has 0 aromatic heterocycles. The van der Waals surface area contributed by atoms with E-state index in [1.807, 2.05) is 0 Å². The summed E-state index contributed by atoms with van der Waals surface area (Å²) in [4.78, 5) is 16.4. The third kappa shape index (κ3) is 4.23. The molecule has 7 heteroatoms. The molecule has 3 N–H and O–H groups in total. The van der Waals surface area contributed by atoms with Gasteiger partial charge in [0.05, 0.1) is 22.9 Å². The van der Waals surface area contributed by atoms with Gasteiger partial charge in [0.1, 0.15) is 0 Å². The van der Waals surface area contributed by atoms with Crippen LogP contribution in [0.15, 0.2) is 12.1 Å². The Morgan fingerprint density at radius 2 is 2.19 bits per heavy atom. The molecule has 0 radical (unpaired) electrons. The molecule has 0 spiro atoms. The molecular formula is C14H20Cl2N4O. The number of nitrogen functional groups attached to an aromatic ring is 1. The third-order valence-electron chi connectivity index (χ3n) is 3.69. The van der Waals surface area contributed by atoms with Crippen LogP contribution in [0, 0.1) is 0 Å². The minimum absolute atomic E-state index is 0.120. The van der Waals surface area contributed by atoms with E-state index in [1.165, 1.54) is 0 Å². The summed E-state index contributed by atoms with van der Waals surface area (Å²) in [5, 5.41) is 3.56. The van der Waals surface area contributed by atoms with Gasteiger partial charge in [0.2, 0.25) is 5.91 Å². The van der Waals surface area contributed by atoms with Gasteiger partial charge in [-0.2, -0.15) is 0 Å². The number of rotatable bonds is 4. The smallest absolute Gasteiger partial charge is 0.238 e. The average molecular weight is 331 g/mol. The Labute approximate surface area is 135 Å². The number of hydrogen-bond acceptors (Lipinski definition) is 4. The minimum atomic E-state index is -0.120. The minimum Gasteiger partial charge on any atom is -0.397 e. The van der Waals surface area contributed by atoms with Crippen molar-refractivity contribution >= 4 is 40.5 Å². The molecule has 1 aliphatic rings. The Bertz CT molecular complexity index is 513. The zero-order valence-corrected chi connectivity index (χ0v) is 13.7. The second-order valence-corrected chi connectivity index (χ2v) is 6.38. The fraction of sp³-hybridized carbons (Fsp3) is 0.500. The molecule has 21 heavy (non-hydrogen) atoms. The van der Waals surface area contributed by atoms with Crippen molar-refractivity contribution < 1.29 is 4.79 Å². The normalized spacial score (nSPS) is 19.2. The number of hydrogen-bond donors (Lipinski definition) is 2. The van der Waals surface area contributed by atoms with Crippen LogP contribution >= 0.6 is 23.2 Å². The molecule has 0 bridgehead atoms. The first-order chi connectivity index (χ1) is 9.86. The Kier molecular flexibility index (Phi) is 5.32. The monoisotopic (exact) mass is 330 g/mol. The highest BCUT2D eigenvalue weighted by atomic mass is 35.5. The van der Waals surface area contributed by atoms with E-state index in [1.54, 1.807) is 12.1 Å². The molecule has 1 saturated heterocycles. The highest BCUT2D eigenvalue weighted by Crippen LogP contribution is 2.32. The lowest BCUT2D eigenvalue weighted by Gasteiger charge is -2.20. The lowest BCUT2D eigenvalue weighted by Crippen LogP contribution is -2.35. The maximum Gasteiger partial charge on any atom is 0.238 e. The SMILES string of the molecule is CN(C)C1CCN(CC(=O)Nc2c(N)cc(Cl)cc2Cl)C1. The highest BCUT2D eigenvalue weighted by molar-refractivity contribution is 6.37. The van der Waals surface area contributed by atoms with Crippen molar-refractivity contribution in [2.75, 3.05) is 44.8 Å². The first kappa shape index (κ1) is 16.4. The number of nitrogens with one attached hydrogen (secondary N) is 1. The summed E-state index contributed by atoms with van der Waals surface area (Å²) < 4.78 is 0. The Morgan fingerprint density at radius 3 is 2.76 bits per heavy atom. The zero-order chi connectivity index (χ0) is 15.6. The first-order valence-corrected chi connectivity index (χ1v) is 7.55. The number of amides is 1. The van der Waals surface area contributed by atoms with Gasteiger partial charge in [0.15, 0.2) is 0 Å². The number of carbonyl (C=O) groups is 1. The van der Waals surface area contributed by atoms with Gasteiger partial charge in [0, 0.05) is 24.2 Å². The lowest BCUT2D eigenvalue weighted by atomic mass is 10.2. The van der Waals surface area contributed by atoms with Gasteiger partial charge in [-0.25, -0.2) is 0 Å². The molecule has 1 amide bonds. The fourth-order valence-electron chi connectivity index (χ4n) is 2.48. The number of nitrogens with zero attached hydrogens (tertiary/aromatic N) is 2. The molecule has 0 aliphatic carbocycles. The number of likely N-dealkylation sites (N-methyl/N-ethyl adjacent to an activating group) is 1. The van der Waals surface area contributed by atoms with Crippen molar-refractivity contribution in [1.82, 2.24) is 9.80 Å². The molecule has 1 unspecified atom stereocenters. The van der Waals surface area contributed by atoms with Crippen LogP contribution < -0.4 is 11.1 Å². The van der Waals surface area contributed by atoms with Crippen LogP contribution in [0.25, 0.3) is 0 Å². The van der Waals surface area contributed by atoms with E-state index in [9.17, 15) is 4.79 Å². The van der Waals surface area contributed by atoms with Crippen LogP contribution in [0.4, 0.5) is 11.4 Å². The molecule has 1 atom stereocenters. The van der Waals surface area contributed by atoms with Crippen LogP contribution in [0.3, 0.4) is 0 Å². The summed E-state index contributed by atoms with van der Waals surface area (Å²) in [5.74, 6) is -0.120. The summed E-state index contributed by atoms with van der Waals surface area (Å²) in [6, 6.07) is 3.63. The summed E-state index contributed by atoms with van der Waals surface area (Å²) in [5.41, 5.74) is 6.63. The molecule has 116 valence electrons. The largest absolute Gasteiger partial charge is 0.397 e. The van der Waals surface area contributed by atoms with Crippen molar-refractivity contribution in [3.05, 3.63) is 22.2 Å². The number of nitrogens with two attached hydrogens (primary N) is 1. The maximum absolute atomic E-state index is 12.1. The van der Waals surface area contributed by atoms with Crippen LogP contribution in [-0.4, -0.2) is 55.5 Å². The van der Waals surface area contributed by atoms with Crippen molar-refractivity contribution in [1.29, 1.82) is 0 Å².